The van der Waals surface area contributed by atoms with Crippen LogP contribution in [0.2, 0.25) is 0 Å². The normalized spacial score (nSPS) is 14.8. The third-order valence-corrected chi connectivity index (χ3v) is 6.39. The van der Waals surface area contributed by atoms with Crippen LogP contribution in [-0.2, 0) is 17.8 Å². The van der Waals surface area contributed by atoms with Crippen molar-refractivity contribution in [1.29, 1.82) is 5.26 Å². The monoisotopic (exact) mass is 442 g/mol. The number of pyridine rings is 1. The van der Waals surface area contributed by atoms with Crippen molar-refractivity contribution in [3.05, 3.63) is 70.9 Å². The van der Waals surface area contributed by atoms with Gasteiger partial charge >= 0.3 is 0 Å². The quantitative estimate of drug-likeness (QED) is 0.412. The Labute approximate surface area is 194 Å². The highest BCUT2D eigenvalue weighted by Crippen LogP contribution is 2.32. The van der Waals surface area contributed by atoms with Crippen LogP contribution in [-0.4, -0.2) is 25.2 Å². The molecular formula is C26H30N6O. The summed E-state index contributed by atoms with van der Waals surface area (Å²) in [4.78, 5) is 16.8. The van der Waals surface area contributed by atoms with E-state index in [9.17, 15) is 10.1 Å². The number of nitriles is 1. The zero-order valence-electron chi connectivity index (χ0n) is 19.3. The summed E-state index contributed by atoms with van der Waals surface area (Å²) >= 11 is 0. The first kappa shape index (κ1) is 22.5. The number of rotatable bonds is 7. The first-order chi connectivity index (χ1) is 16.0. The fourth-order valence-corrected chi connectivity index (χ4v) is 4.68. The molecule has 3 heterocycles. The molecule has 0 aliphatic heterocycles. The maximum Gasteiger partial charge on any atom is 0.267 e. The van der Waals surface area contributed by atoms with Crippen LogP contribution >= 0.6 is 0 Å². The van der Waals surface area contributed by atoms with Crippen LogP contribution in [0.1, 0.15) is 60.7 Å². The van der Waals surface area contributed by atoms with Crippen LogP contribution in [0.15, 0.2) is 48.4 Å². The molecule has 0 spiro atoms. The number of anilines is 1. The van der Waals surface area contributed by atoms with Crippen LogP contribution in [0.4, 0.5) is 5.82 Å². The summed E-state index contributed by atoms with van der Waals surface area (Å²) in [7, 11) is 0. The predicted octanol–water partition coefficient (Wildman–Crippen LogP) is 4.99. The molecule has 1 aliphatic rings. The topological polar surface area (TPSA) is 88.5 Å². The summed E-state index contributed by atoms with van der Waals surface area (Å²) in [5.41, 5.74) is 4.46. The average Bonchev–Trinajstić information content (AvgIpc) is 3.40. The van der Waals surface area contributed by atoms with E-state index in [1.54, 1.807) is 29.2 Å². The molecule has 170 valence electrons. The Balaban J connectivity index is 1.43. The summed E-state index contributed by atoms with van der Waals surface area (Å²) in [6, 6.07) is 10.3. The van der Waals surface area contributed by atoms with Crippen molar-refractivity contribution < 1.29 is 4.79 Å². The van der Waals surface area contributed by atoms with E-state index in [0.717, 1.165) is 17.7 Å². The van der Waals surface area contributed by atoms with Crippen LogP contribution in [0.5, 0.6) is 0 Å². The molecule has 7 heteroatoms. The van der Waals surface area contributed by atoms with E-state index in [1.165, 1.54) is 43.4 Å². The van der Waals surface area contributed by atoms with Gasteiger partial charge in [0.05, 0.1) is 0 Å². The van der Waals surface area contributed by atoms with Crippen LogP contribution in [0.25, 0.3) is 6.08 Å². The number of amides is 1. The average molecular weight is 443 g/mol. The lowest BCUT2D eigenvalue weighted by Gasteiger charge is -2.26. The van der Waals surface area contributed by atoms with E-state index in [1.807, 2.05) is 18.3 Å². The lowest BCUT2D eigenvalue weighted by atomic mass is 9.95. The Morgan fingerprint density at radius 3 is 2.70 bits per heavy atom. The molecule has 1 amide bonds. The maximum atomic E-state index is 12.8. The molecule has 1 N–H and O–H groups in total. The number of nitrogens with one attached hydrogen (secondary N) is 1. The third kappa shape index (κ3) is 5.40. The van der Waals surface area contributed by atoms with Crippen molar-refractivity contribution in [2.45, 2.75) is 65.0 Å². The second-order valence-electron chi connectivity index (χ2n) is 8.68. The molecule has 0 unspecified atom stereocenters. The smallest absolute Gasteiger partial charge is 0.267 e. The van der Waals surface area contributed by atoms with E-state index in [0.29, 0.717) is 18.4 Å². The van der Waals surface area contributed by atoms with E-state index < -0.39 is 5.91 Å². The van der Waals surface area contributed by atoms with Crippen molar-refractivity contribution in [3.63, 3.8) is 0 Å². The summed E-state index contributed by atoms with van der Waals surface area (Å²) in [6.45, 7) is 4.86. The highest BCUT2D eigenvalue weighted by molar-refractivity contribution is 6.09. The van der Waals surface area contributed by atoms with Gasteiger partial charge in [0, 0.05) is 48.6 Å². The van der Waals surface area contributed by atoms with Gasteiger partial charge < -0.3 is 9.88 Å². The van der Waals surface area contributed by atoms with E-state index in [-0.39, 0.29) is 5.57 Å². The molecule has 0 aromatic carbocycles. The molecule has 0 saturated heterocycles. The van der Waals surface area contributed by atoms with Crippen molar-refractivity contribution in [3.8, 4) is 6.07 Å². The zero-order valence-corrected chi connectivity index (χ0v) is 19.3. The zero-order chi connectivity index (χ0) is 23.2. The molecule has 33 heavy (non-hydrogen) atoms. The summed E-state index contributed by atoms with van der Waals surface area (Å²) in [6.07, 6.45) is 14.1. The predicted molar refractivity (Wildman–Crippen MR) is 128 cm³/mol. The highest BCUT2D eigenvalue weighted by atomic mass is 16.1. The minimum Gasteiger partial charge on any atom is -0.346 e. The first-order valence-corrected chi connectivity index (χ1v) is 11.6. The lowest BCUT2D eigenvalue weighted by molar-refractivity contribution is -0.112. The number of carbonyl (C=O) groups excluding carboxylic acids is 1. The third-order valence-electron chi connectivity index (χ3n) is 6.39. The molecule has 1 fully saturated rings. The molecule has 1 saturated carbocycles. The number of hydrogen-bond donors (Lipinski definition) is 1. The van der Waals surface area contributed by atoms with Gasteiger partial charge in [0.2, 0.25) is 0 Å². The van der Waals surface area contributed by atoms with Crippen LogP contribution < -0.4 is 5.32 Å². The second-order valence-corrected chi connectivity index (χ2v) is 8.68. The molecule has 1 aliphatic carbocycles. The molecule has 0 radical (unpaired) electrons. The minimum atomic E-state index is -0.445. The summed E-state index contributed by atoms with van der Waals surface area (Å²) in [5, 5.41) is 16.8. The Morgan fingerprint density at radius 2 is 1.97 bits per heavy atom. The summed E-state index contributed by atoms with van der Waals surface area (Å²) in [5.74, 6) is -0.0112. The largest absolute Gasteiger partial charge is 0.346 e. The van der Waals surface area contributed by atoms with Gasteiger partial charge in [0.25, 0.3) is 5.91 Å². The SMILES string of the molecule is Cc1cc(/C=C(/C#N)C(=O)Nc2ccn(CCc3ccncc3)n2)c(C)n1C1CCCCC1. The fraction of sp³-hybridized carbons (Fsp3) is 0.385. The molecule has 0 atom stereocenters. The van der Waals surface area contributed by atoms with Gasteiger partial charge in [0.15, 0.2) is 5.82 Å². The molecule has 7 nitrogen and oxygen atoms in total. The van der Waals surface area contributed by atoms with Gasteiger partial charge in [-0.05, 0) is 68.5 Å². The molecule has 0 bridgehead atoms. The number of nitrogens with zero attached hydrogens (tertiary/aromatic N) is 5. The van der Waals surface area contributed by atoms with Gasteiger partial charge in [-0.25, -0.2) is 0 Å². The van der Waals surface area contributed by atoms with E-state index in [4.69, 9.17) is 0 Å². The van der Waals surface area contributed by atoms with Gasteiger partial charge in [0.1, 0.15) is 11.6 Å². The molecule has 3 aromatic heterocycles. The molecule has 4 rings (SSSR count). The van der Waals surface area contributed by atoms with Crippen molar-refractivity contribution in [2.24, 2.45) is 0 Å². The van der Waals surface area contributed by atoms with Gasteiger partial charge in [-0.3, -0.25) is 14.5 Å². The lowest BCUT2D eigenvalue weighted by Crippen LogP contribution is -2.15. The van der Waals surface area contributed by atoms with E-state index in [2.05, 4.69) is 45.9 Å². The van der Waals surface area contributed by atoms with Crippen molar-refractivity contribution >= 4 is 17.8 Å². The molecule has 3 aromatic rings. The number of aryl methyl sites for hydroxylation is 3. The van der Waals surface area contributed by atoms with Gasteiger partial charge in [-0.2, -0.15) is 10.4 Å². The first-order valence-electron chi connectivity index (χ1n) is 11.6. The van der Waals surface area contributed by atoms with E-state index >= 15 is 0 Å². The summed E-state index contributed by atoms with van der Waals surface area (Å²) < 4.78 is 4.16. The van der Waals surface area contributed by atoms with Crippen molar-refractivity contribution in [1.82, 2.24) is 19.3 Å². The Morgan fingerprint density at radius 1 is 1.21 bits per heavy atom. The Kier molecular flexibility index (Phi) is 7.04. The van der Waals surface area contributed by atoms with Crippen molar-refractivity contribution in [2.75, 3.05) is 5.32 Å². The minimum absolute atomic E-state index is 0.0743. The molecular weight excluding hydrogens is 412 g/mol. The van der Waals surface area contributed by atoms with Crippen LogP contribution in [0, 0.1) is 25.2 Å². The number of hydrogen-bond acceptors (Lipinski definition) is 4. The Hall–Kier alpha value is -3.66. The van der Waals surface area contributed by atoms with Gasteiger partial charge in [-0.15, -0.1) is 0 Å². The Bertz CT molecular complexity index is 1180. The van der Waals surface area contributed by atoms with Gasteiger partial charge in [-0.1, -0.05) is 19.3 Å². The standard InChI is InChI=1S/C26H30N6O/c1-19-16-22(20(2)32(19)24-6-4-3-5-7-24)17-23(18-27)26(33)29-25-11-15-31(30-25)14-10-21-8-12-28-13-9-21/h8-9,11-13,15-17,24H,3-7,10,14H2,1-2H3,(H,29,30,33)/b23-17-. The highest BCUT2D eigenvalue weighted by Gasteiger charge is 2.20. The maximum absolute atomic E-state index is 12.8. The van der Waals surface area contributed by atoms with Crippen LogP contribution in [0.3, 0.4) is 0 Å². The fourth-order valence-electron chi connectivity index (χ4n) is 4.68. The second kappa shape index (κ2) is 10.3. The number of aromatic nitrogens is 4. The number of carbonyl (C=O) groups is 1.